The molecule has 1 aliphatic carbocycles. The van der Waals surface area contributed by atoms with E-state index in [1.165, 1.54) is 69.2 Å². The average molecular weight is 456 g/mol. The van der Waals surface area contributed by atoms with Crippen LogP contribution in [0.4, 0.5) is 8.78 Å². The van der Waals surface area contributed by atoms with Crippen LogP contribution >= 0.6 is 0 Å². The number of halogens is 2. The van der Waals surface area contributed by atoms with E-state index in [-0.39, 0.29) is 16.9 Å². The Balaban J connectivity index is 1.46. The fourth-order valence-corrected chi connectivity index (χ4v) is 4.32. The molecule has 0 N–H and O–H groups in total. The summed E-state index contributed by atoms with van der Waals surface area (Å²) in [4.78, 5) is 12.3. The molecular weight excluding hydrogens is 424 g/mol. The van der Waals surface area contributed by atoms with E-state index in [0.29, 0.717) is 18.3 Å². The molecule has 0 aromatic heterocycles. The van der Waals surface area contributed by atoms with Gasteiger partial charge in [-0.2, -0.15) is 5.26 Å². The van der Waals surface area contributed by atoms with E-state index in [2.05, 4.69) is 6.92 Å². The Morgan fingerprint density at radius 3 is 2.33 bits per heavy atom. The van der Waals surface area contributed by atoms with Crippen molar-refractivity contribution < 1.29 is 23.0 Å². The average Bonchev–Trinajstić information content (AvgIpc) is 2.81. The van der Waals surface area contributed by atoms with Gasteiger partial charge in [0.25, 0.3) is 0 Å². The number of esters is 1. The van der Waals surface area contributed by atoms with Crippen LogP contribution in [0, 0.1) is 34.8 Å². The zero-order chi connectivity index (χ0) is 23.6. The number of unbranched alkanes of at least 4 members (excludes halogenated alkanes) is 3. The van der Waals surface area contributed by atoms with Gasteiger partial charge in [0.15, 0.2) is 0 Å². The SMILES string of the molecule is CCCCCC[C@H]1CC[C@H](COc2ccc(C(=O)Oc3ccc(C#N)c(F)c3)c(F)c2)CC1. The molecule has 0 radical (unpaired) electrons. The molecule has 2 aromatic carbocycles. The number of nitriles is 1. The quantitative estimate of drug-likeness (QED) is 0.216. The fraction of sp³-hybridized carbons (Fsp3) is 0.481. The lowest BCUT2D eigenvalue weighted by Crippen LogP contribution is -2.20. The molecule has 0 unspecified atom stereocenters. The lowest BCUT2D eigenvalue weighted by Gasteiger charge is -2.28. The van der Waals surface area contributed by atoms with Gasteiger partial charge >= 0.3 is 5.97 Å². The molecule has 2 aromatic rings. The van der Waals surface area contributed by atoms with Crippen molar-refractivity contribution in [3.05, 3.63) is 59.2 Å². The highest BCUT2D eigenvalue weighted by molar-refractivity contribution is 5.91. The van der Waals surface area contributed by atoms with Gasteiger partial charge in [0.1, 0.15) is 29.2 Å². The second-order valence-corrected chi connectivity index (χ2v) is 8.83. The van der Waals surface area contributed by atoms with E-state index in [1.807, 2.05) is 0 Å². The van der Waals surface area contributed by atoms with Crippen molar-refractivity contribution in [2.45, 2.75) is 64.7 Å². The van der Waals surface area contributed by atoms with Crippen molar-refractivity contribution in [1.82, 2.24) is 0 Å². The molecule has 0 spiro atoms. The van der Waals surface area contributed by atoms with E-state index in [9.17, 15) is 13.6 Å². The van der Waals surface area contributed by atoms with Gasteiger partial charge in [-0.25, -0.2) is 13.6 Å². The van der Waals surface area contributed by atoms with E-state index in [0.717, 1.165) is 24.8 Å². The van der Waals surface area contributed by atoms with Crippen LogP contribution in [0.1, 0.15) is 80.6 Å². The van der Waals surface area contributed by atoms with Crippen molar-refractivity contribution in [3.63, 3.8) is 0 Å². The van der Waals surface area contributed by atoms with Gasteiger partial charge in [0, 0.05) is 12.1 Å². The van der Waals surface area contributed by atoms with E-state index in [4.69, 9.17) is 14.7 Å². The number of ether oxygens (including phenoxy) is 2. The summed E-state index contributed by atoms with van der Waals surface area (Å²) >= 11 is 0. The molecule has 3 rings (SSSR count). The monoisotopic (exact) mass is 455 g/mol. The maximum absolute atomic E-state index is 14.5. The molecular formula is C27H31F2NO3. The molecule has 176 valence electrons. The zero-order valence-corrected chi connectivity index (χ0v) is 19.1. The first-order chi connectivity index (χ1) is 16.0. The van der Waals surface area contributed by atoms with Gasteiger partial charge in [-0.3, -0.25) is 0 Å². The molecule has 33 heavy (non-hydrogen) atoms. The lowest BCUT2D eigenvalue weighted by atomic mass is 9.80. The highest BCUT2D eigenvalue weighted by atomic mass is 19.1. The predicted octanol–water partition coefficient (Wildman–Crippen LogP) is 7.21. The van der Waals surface area contributed by atoms with Crippen molar-refractivity contribution in [2.75, 3.05) is 6.61 Å². The lowest BCUT2D eigenvalue weighted by molar-refractivity contribution is 0.0729. The summed E-state index contributed by atoms with van der Waals surface area (Å²) in [5.74, 6) is -0.950. The third kappa shape index (κ3) is 7.28. The van der Waals surface area contributed by atoms with Gasteiger partial charge < -0.3 is 9.47 Å². The van der Waals surface area contributed by atoms with Crippen LogP contribution in [0.15, 0.2) is 36.4 Å². The van der Waals surface area contributed by atoms with Crippen LogP contribution in [0.2, 0.25) is 0 Å². The van der Waals surface area contributed by atoms with Gasteiger partial charge in [-0.15, -0.1) is 0 Å². The van der Waals surface area contributed by atoms with E-state index < -0.39 is 17.6 Å². The summed E-state index contributed by atoms with van der Waals surface area (Å²) < 4.78 is 39.0. The molecule has 0 atom stereocenters. The molecule has 0 saturated heterocycles. The number of hydrogen-bond donors (Lipinski definition) is 0. The number of carbonyl (C=O) groups excluding carboxylic acids is 1. The minimum atomic E-state index is -0.944. The highest BCUT2D eigenvalue weighted by Crippen LogP contribution is 2.32. The topological polar surface area (TPSA) is 59.3 Å². The molecule has 0 heterocycles. The molecule has 1 saturated carbocycles. The van der Waals surface area contributed by atoms with Crippen LogP contribution in [0.3, 0.4) is 0 Å². The van der Waals surface area contributed by atoms with Gasteiger partial charge in [-0.05, 0) is 48.9 Å². The normalized spacial score (nSPS) is 17.9. The van der Waals surface area contributed by atoms with Crippen LogP contribution in [-0.4, -0.2) is 12.6 Å². The molecule has 4 nitrogen and oxygen atoms in total. The number of nitrogens with zero attached hydrogens (tertiary/aromatic N) is 1. The number of benzene rings is 2. The van der Waals surface area contributed by atoms with Gasteiger partial charge in [-0.1, -0.05) is 51.9 Å². The largest absolute Gasteiger partial charge is 0.493 e. The van der Waals surface area contributed by atoms with Crippen LogP contribution < -0.4 is 9.47 Å². The van der Waals surface area contributed by atoms with E-state index in [1.54, 1.807) is 12.1 Å². The van der Waals surface area contributed by atoms with Crippen molar-refractivity contribution in [2.24, 2.45) is 11.8 Å². The molecule has 1 aliphatic rings. The summed E-state index contributed by atoms with van der Waals surface area (Å²) in [5, 5.41) is 8.76. The first-order valence-electron chi connectivity index (χ1n) is 11.8. The van der Waals surface area contributed by atoms with Crippen LogP contribution in [-0.2, 0) is 0 Å². The van der Waals surface area contributed by atoms with Crippen molar-refractivity contribution >= 4 is 5.97 Å². The third-order valence-corrected chi connectivity index (χ3v) is 6.35. The summed E-state index contributed by atoms with van der Waals surface area (Å²) in [6, 6.07) is 9.11. The smallest absolute Gasteiger partial charge is 0.346 e. The summed E-state index contributed by atoms with van der Waals surface area (Å²) in [6.07, 6.45) is 11.3. The molecule has 0 aliphatic heterocycles. The number of hydrogen-bond acceptors (Lipinski definition) is 4. The summed E-state index contributed by atoms with van der Waals surface area (Å²) in [7, 11) is 0. The molecule has 6 heteroatoms. The van der Waals surface area contributed by atoms with Crippen LogP contribution in [0.5, 0.6) is 11.5 Å². The predicted molar refractivity (Wildman–Crippen MR) is 122 cm³/mol. The summed E-state index contributed by atoms with van der Waals surface area (Å²) in [5.41, 5.74) is -0.432. The molecule has 1 fully saturated rings. The minimum absolute atomic E-state index is 0.0998. The Hall–Kier alpha value is -2.94. The number of rotatable bonds is 10. The third-order valence-electron chi connectivity index (χ3n) is 6.35. The Morgan fingerprint density at radius 1 is 0.970 bits per heavy atom. The Kier molecular flexibility index (Phi) is 9.24. The first-order valence-corrected chi connectivity index (χ1v) is 11.8. The first kappa shape index (κ1) is 24.7. The Bertz CT molecular complexity index is 978. The van der Waals surface area contributed by atoms with Crippen molar-refractivity contribution in [3.8, 4) is 17.6 Å². The van der Waals surface area contributed by atoms with E-state index >= 15 is 0 Å². The maximum atomic E-state index is 14.5. The van der Waals surface area contributed by atoms with Crippen LogP contribution in [0.25, 0.3) is 0 Å². The highest BCUT2D eigenvalue weighted by Gasteiger charge is 2.22. The zero-order valence-electron chi connectivity index (χ0n) is 19.1. The second-order valence-electron chi connectivity index (χ2n) is 8.83. The maximum Gasteiger partial charge on any atom is 0.346 e. The van der Waals surface area contributed by atoms with Gasteiger partial charge in [0.05, 0.1) is 17.7 Å². The standard InChI is InChI=1S/C27H31F2NO3/c1-2-3-4-5-6-19-7-9-20(10-8-19)18-32-22-13-14-24(26(29)15-22)27(31)33-23-12-11-21(17-30)25(28)16-23/h11-16,19-20H,2-10,18H2,1H3/t19-,20-. The number of carbonyl (C=O) groups is 1. The molecule has 0 amide bonds. The Labute approximate surface area is 194 Å². The fourth-order valence-electron chi connectivity index (χ4n) is 4.32. The minimum Gasteiger partial charge on any atom is -0.493 e. The van der Waals surface area contributed by atoms with Crippen molar-refractivity contribution in [1.29, 1.82) is 5.26 Å². The summed E-state index contributed by atoms with van der Waals surface area (Å²) in [6.45, 7) is 2.77. The molecule has 0 bridgehead atoms. The Morgan fingerprint density at radius 2 is 1.67 bits per heavy atom. The van der Waals surface area contributed by atoms with Gasteiger partial charge in [0.2, 0.25) is 0 Å². The second kappa shape index (κ2) is 12.3.